The number of hydrogen-bond acceptors (Lipinski definition) is 0. The minimum atomic E-state index is 1.18. The quantitative estimate of drug-likeness (QED) is 0.491. The third-order valence-electron chi connectivity index (χ3n) is 3.80. The van der Waals surface area contributed by atoms with Crippen LogP contribution in [0.4, 0.5) is 0 Å². The maximum atomic E-state index is 3.40. The molecule has 0 bridgehead atoms. The Hall–Kier alpha value is -2.48. The molecule has 0 amide bonds. The largest absolute Gasteiger partial charge is 0.361 e. The normalized spacial score (nSPS) is 11.4. The molecule has 0 fully saturated rings. The van der Waals surface area contributed by atoms with Crippen molar-refractivity contribution in [2.24, 2.45) is 0 Å². The highest BCUT2D eigenvalue weighted by Gasteiger charge is 2.11. The third-order valence-corrected chi connectivity index (χ3v) is 3.80. The van der Waals surface area contributed by atoms with E-state index in [4.69, 9.17) is 0 Å². The van der Waals surface area contributed by atoms with E-state index in [0.717, 1.165) is 0 Å². The van der Waals surface area contributed by atoms with E-state index in [0.29, 0.717) is 0 Å². The van der Waals surface area contributed by atoms with Crippen molar-refractivity contribution in [3.63, 3.8) is 0 Å². The van der Waals surface area contributed by atoms with Crippen LogP contribution in [-0.2, 0) is 0 Å². The monoisotopic (exact) mass is 246 g/mol. The molecule has 2 aromatic carbocycles. The molecule has 0 aliphatic carbocycles. The molecule has 4 rings (SSSR count). The van der Waals surface area contributed by atoms with Gasteiger partial charge in [0, 0.05) is 45.3 Å². The Bertz CT molecular complexity index is 880. The Kier molecular flexibility index (Phi) is 2.06. The van der Waals surface area contributed by atoms with Crippen molar-refractivity contribution < 1.29 is 0 Å². The predicted molar refractivity (Wildman–Crippen MR) is 80.3 cm³/mol. The van der Waals surface area contributed by atoms with Crippen LogP contribution in [0.1, 0.15) is 5.56 Å². The molecule has 2 N–H and O–H groups in total. The average Bonchev–Trinajstić information content (AvgIpc) is 3.02. The van der Waals surface area contributed by atoms with Gasteiger partial charge in [0.15, 0.2) is 0 Å². The van der Waals surface area contributed by atoms with E-state index in [1.807, 2.05) is 0 Å². The Labute approximate surface area is 111 Å². The summed E-state index contributed by atoms with van der Waals surface area (Å²) in [6, 6.07) is 14.8. The number of rotatable bonds is 1. The summed E-state index contributed by atoms with van der Waals surface area (Å²) in [4.78, 5) is 6.74. The van der Waals surface area contributed by atoms with Crippen LogP contribution < -0.4 is 0 Å². The van der Waals surface area contributed by atoms with Crippen molar-refractivity contribution in [1.29, 1.82) is 0 Å². The van der Waals surface area contributed by atoms with E-state index in [1.165, 1.54) is 38.5 Å². The fourth-order valence-corrected chi connectivity index (χ4v) is 2.82. The van der Waals surface area contributed by atoms with Crippen LogP contribution in [0.25, 0.3) is 32.9 Å². The molecule has 0 saturated heterocycles. The fraction of sp³-hybridized carbons (Fsp3) is 0.0588. The maximum absolute atomic E-state index is 3.40. The minimum Gasteiger partial charge on any atom is -0.361 e. The first-order chi connectivity index (χ1) is 9.34. The molecule has 2 heterocycles. The number of aromatic nitrogens is 2. The molecule has 19 heavy (non-hydrogen) atoms. The van der Waals surface area contributed by atoms with E-state index < -0.39 is 0 Å². The molecule has 2 heteroatoms. The zero-order valence-electron chi connectivity index (χ0n) is 10.7. The summed E-state index contributed by atoms with van der Waals surface area (Å²) in [6.45, 7) is 2.14. The molecule has 0 saturated carbocycles. The lowest BCUT2D eigenvalue weighted by atomic mass is 10.0. The number of nitrogens with one attached hydrogen (secondary N) is 2. The summed E-state index contributed by atoms with van der Waals surface area (Å²) in [5, 5.41) is 2.55. The van der Waals surface area contributed by atoms with Gasteiger partial charge in [-0.1, -0.05) is 36.4 Å². The highest BCUT2D eigenvalue weighted by atomic mass is 14.7. The van der Waals surface area contributed by atoms with Crippen LogP contribution in [0.15, 0.2) is 54.9 Å². The fourth-order valence-electron chi connectivity index (χ4n) is 2.82. The topological polar surface area (TPSA) is 31.6 Å². The van der Waals surface area contributed by atoms with E-state index in [1.54, 1.807) is 0 Å². The summed E-state index contributed by atoms with van der Waals surface area (Å²) in [5.41, 5.74) is 6.20. The lowest BCUT2D eigenvalue weighted by Gasteiger charge is -1.99. The van der Waals surface area contributed by atoms with E-state index >= 15 is 0 Å². The molecule has 4 aromatic rings. The summed E-state index contributed by atoms with van der Waals surface area (Å²) in [5.74, 6) is 0. The van der Waals surface area contributed by atoms with Crippen molar-refractivity contribution in [3.8, 4) is 11.1 Å². The molecule has 0 radical (unpaired) electrons. The summed E-state index contributed by atoms with van der Waals surface area (Å²) < 4.78 is 0. The van der Waals surface area contributed by atoms with Gasteiger partial charge in [-0.05, 0) is 18.6 Å². The molecule has 2 aromatic heterocycles. The molecule has 0 spiro atoms. The van der Waals surface area contributed by atoms with Gasteiger partial charge in [0.25, 0.3) is 0 Å². The van der Waals surface area contributed by atoms with Crippen molar-refractivity contribution in [1.82, 2.24) is 9.97 Å². The van der Waals surface area contributed by atoms with E-state index in [9.17, 15) is 0 Å². The number of fused-ring (bicyclic) bond motifs is 2. The third kappa shape index (κ3) is 1.43. The van der Waals surface area contributed by atoms with Crippen molar-refractivity contribution in [3.05, 3.63) is 60.4 Å². The number of hydrogen-bond donors (Lipinski definition) is 2. The number of H-pyrrole nitrogens is 2. The maximum Gasteiger partial charge on any atom is 0.0490 e. The SMILES string of the molecule is Cc1cccc2c(-c3c[nH]c4ccccc34)c[nH]c12. The van der Waals surface area contributed by atoms with Gasteiger partial charge in [-0.15, -0.1) is 0 Å². The van der Waals surface area contributed by atoms with Gasteiger partial charge < -0.3 is 9.97 Å². The molecule has 2 nitrogen and oxygen atoms in total. The zero-order chi connectivity index (χ0) is 12.8. The molecule has 0 atom stereocenters. The standard InChI is InChI=1S/C17H14N2/c1-11-5-4-7-13-15(10-19-17(11)13)14-9-18-16-8-3-2-6-12(14)16/h2-10,18-19H,1H3. The second-order valence-electron chi connectivity index (χ2n) is 4.95. The smallest absolute Gasteiger partial charge is 0.0490 e. The Morgan fingerprint density at radius 2 is 1.47 bits per heavy atom. The van der Waals surface area contributed by atoms with Gasteiger partial charge in [0.2, 0.25) is 0 Å². The summed E-state index contributed by atoms with van der Waals surface area (Å²) in [7, 11) is 0. The van der Waals surface area contributed by atoms with Gasteiger partial charge in [0.05, 0.1) is 0 Å². The van der Waals surface area contributed by atoms with Gasteiger partial charge in [0.1, 0.15) is 0 Å². The van der Waals surface area contributed by atoms with Crippen LogP contribution in [0.2, 0.25) is 0 Å². The number of para-hydroxylation sites is 2. The number of aromatic amines is 2. The minimum absolute atomic E-state index is 1.18. The first-order valence-corrected chi connectivity index (χ1v) is 6.48. The number of aryl methyl sites for hydroxylation is 1. The molecular weight excluding hydrogens is 232 g/mol. The molecule has 92 valence electrons. The van der Waals surface area contributed by atoms with Gasteiger partial charge in [-0.2, -0.15) is 0 Å². The lowest BCUT2D eigenvalue weighted by Crippen LogP contribution is -1.75. The van der Waals surface area contributed by atoms with Crippen LogP contribution in [0.3, 0.4) is 0 Å². The molecule has 0 aliphatic heterocycles. The molecule has 0 aliphatic rings. The second kappa shape index (κ2) is 3.75. The van der Waals surface area contributed by atoms with E-state index in [-0.39, 0.29) is 0 Å². The highest BCUT2D eigenvalue weighted by molar-refractivity contribution is 6.05. The van der Waals surface area contributed by atoms with E-state index in [2.05, 4.69) is 71.7 Å². The first-order valence-electron chi connectivity index (χ1n) is 6.48. The van der Waals surface area contributed by atoms with Crippen LogP contribution in [0, 0.1) is 6.92 Å². The van der Waals surface area contributed by atoms with Crippen LogP contribution in [0.5, 0.6) is 0 Å². The van der Waals surface area contributed by atoms with Crippen molar-refractivity contribution >= 4 is 21.8 Å². The second-order valence-corrected chi connectivity index (χ2v) is 4.95. The summed E-state index contributed by atoms with van der Waals surface area (Å²) in [6.07, 6.45) is 4.20. The highest BCUT2D eigenvalue weighted by Crippen LogP contribution is 2.34. The van der Waals surface area contributed by atoms with Crippen molar-refractivity contribution in [2.45, 2.75) is 6.92 Å². The lowest BCUT2D eigenvalue weighted by molar-refractivity contribution is 1.42. The van der Waals surface area contributed by atoms with Crippen molar-refractivity contribution in [2.75, 3.05) is 0 Å². The van der Waals surface area contributed by atoms with Gasteiger partial charge in [-0.25, -0.2) is 0 Å². The average molecular weight is 246 g/mol. The first kappa shape index (κ1) is 10.4. The predicted octanol–water partition coefficient (Wildman–Crippen LogP) is 4.62. The molecular formula is C17H14N2. The number of benzene rings is 2. The van der Waals surface area contributed by atoms with Crippen LogP contribution in [-0.4, -0.2) is 9.97 Å². The van der Waals surface area contributed by atoms with Crippen LogP contribution >= 0.6 is 0 Å². The van der Waals surface area contributed by atoms with Gasteiger partial charge in [-0.3, -0.25) is 0 Å². The molecule has 0 unspecified atom stereocenters. The van der Waals surface area contributed by atoms with Gasteiger partial charge >= 0.3 is 0 Å². The summed E-state index contributed by atoms with van der Waals surface area (Å²) >= 11 is 0. The Balaban J connectivity index is 2.07. The Morgan fingerprint density at radius 1 is 0.737 bits per heavy atom. The zero-order valence-corrected chi connectivity index (χ0v) is 10.7. The Morgan fingerprint density at radius 3 is 2.42 bits per heavy atom.